The molecule has 7 nitrogen and oxygen atoms in total. The number of carboxylic acids is 1. The molecule has 0 atom stereocenters. The Morgan fingerprint density at radius 2 is 1.81 bits per heavy atom. The topological polar surface area (TPSA) is 105 Å². The first-order chi connectivity index (χ1) is 19.9. The number of aromatic nitrogens is 3. The molecule has 0 radical (unpaired) electrons. The standard InChI is InChI=1S/C31H27N3O3.C4H10O/c1-17(2)30-25(15-32-16-34-30)20-4-5-22-21(13-20)12-18(3)24(14-27(35)36)29(22)23-6-7-26-28-19(9-11-37-26)8-10-33-31(23)28;1-4(2,3)5/h4-8,10,12-13,15-17H,9,11,14H2,1-3H3,(H,35,36);5H,1-3H3. The maximum Gasteiger partial charge on any atom is 0.307 e. The van der Waals surface area contributed by atoms with E-state index in [4.69, 9.17) is 14.8 Å². The van der Waals surface area contributed by atoms with Crippen molar-refractivity contribution >= 4 is 27.6 Å². The number of benzene rings is 3. The summed E-state index contributed by atoms with van der Waals surface area (Å²) >= 11 is 0. The predicted molar refractivity (Wildman–Crippen MR) is 167 cm³/mol. The number of fused-ring (bicyclic) bond motifs is 1. The third kappa shape index (κ3) is 5.97. The van der Waals surface area contributed by atoms with Crippen molar-refractivity contribution in [3.63, 3.8) is 0 Å². The highest BCUT2D eigenvalue weighted by atomic mass is 16.5. The smallest absolute Gasteiger partial charge is 0.307 e. The SMILES string of the molecule is CC(C)(C)O.Cc1cc2cc(-c3cncnc3C(C)C)ccc2c(-c2ccc3c4c(ccnc24)CCO3)c1CC(=O)O. The fourth-order valence-corrected chi connectivity index (χ4v) is 5.57. The average Bonchev–Trinajstić information content (AvgIpc) is 2.93. The summed E-state index contributed by atoms with van der Waals surface area (Å²) < 4.78 is 5.94. The van der Waals surface area contributed by atoms with Gasteiger partial charge in [-0.15, -0.1) is 0 Å². The van der Waals surface area contributed by atoms with Gasteiger partial charge in [-0.05, 0) is 96.5 Å². The number of pyridine rings is 1. The van der Waals surface area contributed by atoms with Gasteiger partial charge in [-0.25, -0.2) is 9.97 Å². The monoisotopic (exact) mass is 563 g/mol. The molecule has 2 N–H and O–H groups in total. The van der Waals surface area contributed by atoms with Crippen molar-refractivity contribution < 1.29 is 19.7 Å². The molecule has 5 aromatic rings. The molecule has 1 aliphatic rings. The molecule has 0 saturated heterocycles. The molecule has 7 heteroatoms. The molecule has 2 aromatic heterocycles. The van der Waals surface area contributed by atoms with Crippen molar-refractivity contribution in [1.29, 1.82) is 0 Å². The van der Waals surface area contributed by atoms with E-state index >= 15 is 0 Å². The third-order valence-electron chi connectivity index (χ3n) is 7.24. The van der Waals surface area contributed by atoms with Crippen molar-refractivity contribution in [2.24, 2.45) is 0 Å². The van der Waals surface area contributed by atoms with E-state index in [9.17, 15) is 9.90 Å². The van der Waals surface area contributed by atoms with Crippen LogP contribution in [0.4, 0.5) is 0 Å². The molecule has 1 aliphatic heterocycles. The Morgan fingerprint density at radius 1 is 1.05 bits per heavy atom. The van der Waals surface area contributed by atoms with Crippen LogP contribution in [0.25, 0.3) is 43.9 Å². The van der Waals surface area contributed by atoms with Gasteiger partial charge in [-0.2, -0.15) is 0 Å². The summed E-state index contributed by atoms with van der Waals surface area (Å²) in [6.45, 7) is 12.1. The summed E-state index contributed by atoms with van der Waals surface area (Å²) in [5.74, 6) is 0.231. The van der Waals surface area contributed by atoms with E-state index < -0.39 is 11.6 Å². The summed E-state index contributed by atoms with van der Waals surface area (Å²) in [6, 6.07) is 14.5. The van der Waals surface area contributed by atoms with E-state index in [1.54, 1.807) is 27.1 Å². The van der Waals surface area contributed by atoms with E-state index in [2.05, 4.69) is 48.1 Å². The Kier molecular flexibility index (Phi) is 7.97. The van der Waals surface area contributed by atoms with Crippen LogP contribution in [-0.4, -0.2) is 43.3 Å². The van der Waals surface area contributed by atoms with E-state index in [1.165, 1.54) is 5.56 Å². The average molecular weight is 564 g/mol. The van der Waals surface area contributed by atoms with Crippen LogP contribution in [0.2, 0.25) is 0 Å². The first-order valence-electron chi connectivity index (χ1n) is 14.3. The molecule has 6 rings (SSSR count). The normalized spacial score (nSPS) is 12.7. The molecule has 0 fully saturated rings. The van der Waals surface area contributed by atoms with Gasteiger partial charge >= 0.3 is 5.97 Å². The van der Waals surface area contributed by atoms with Crippen LogP contribution in [0.15, 0.2) is 61.2 Å². The van der Waals surface area contributed by atoms with E-state index in [0.29, 0.717) is 6.61 Å². The molecule has 0 spiro atoms. The minimum Gasteiger partial charge on any atom is -0.493 e. The molecule has 42 heavy (non-hydrogen) atoms. The van der Waals surface area contributed by atoms with Crippen LogP contribution in [0.1, 0.15) is 62.9 Å². The fourth-order valence-electron chi connectivity index (χ4n) is 5.57. The molecule has 0 bridgehead atoms. The lowest BCUT2D eigenvalue weighted by Crippen LogP contribution is -2.10. The molecule has 0 saturated carbocycles. The number of aliphatic carboxylic acids is 1. The van der Waals surface area contributed by atoms with Crippen molar-refractivity contribution in [3.8, 4) is 28.0 Å². The molecule has 0 aliphatic carbocycles. The predicted octanol–water partition coefficient (Wildman–Crippen LogP) is 7.28. The number of ether oxygens (including phenoxy) is 1. The van der Waals surface area contributed by atoms with Crippen molar-refractivity contribution in [2.75, 3.05) is 6.61 Å². The molecular formula is C35H37N3O4. The summed E-state index contributed by atoms with van der Waals surface area (Å²) in [5, 5.41) is 21.4. The summed E-state index contributed by atoms with van der Waals surface area (Å²) in [5.41, 5.74) is 8.18. The van der Waals surface area contributed by atoms with Gasteiger partial charge in [0.2, 0.25) is 0 Å². The highest BCUT2D eigenvalue weighted by Gasteiger charge is 2.22. The maximum atomic E-state index is 12.0. The second-order valence-electron chi connectivity index (χ2n) is 12.1. The van der Waals surface area contributed by atoms with Crippen LogP contribution in [0.5, 0.6) is 5.75 Å². The lowest BCUT2D eigenvalue weighted by atomic mass is 9.85. The Balaban J connectivity index is 0.000000652. The second kappa shape index (κ2) is 11.5. The Hall–Kier alpha value is -4.36. The Morgan fingerprint density at radius 3 is 2.52 bits per heavy atom. The fraction of sp³-hybridized carbons (Fsp3) is 0.314. The van der Waals surface area contributed by atoms with E-state index in [0.717, 1.165) is 72.9 Å². The number of carbonyl (C=O) groups is 1. The van der Waals surface area contributed by atoms with Gasteiger partial charge in [0.1, 0.15) is 12.1 Å². The largest absolute Gasteiger partial charge is 0.493 e. The zero-order valence-electron chi connectivity index (χ0n) is 25.0. The molecule has 0 unspecified atom stereocenters. The van der Waals surface area contributed by atoms with Crippen molar-refractivity contribution in [1.82, 2.24) is 15.0 Å². The number of aryl methyl sites for hydroxylation is 1. The summed E-state index contributed by atoms with van der Waals surface area (Å²) in [7, 11) is 0. The summed E-state index contributed by atoms with van der Waals surface area (Å²) in [4.78, 5) is 25.5. The number of hydrogen-bond acceptors (Lipinski definition) is 6. The zero-order chi connectivity index (χ0) is 30.2. The van der Waals surface area contributed by atoms with Gasteiger partial charge in [0.05, 0.1) is 29.8 Å². The first kappa shape index (κ1) is 29.1. The zero-order valence-corrected chi connectivity index (χ0v) is 25.0. The van der Waals surface area contributed by atoms with Crippen LogP contribution < -0.4 is 4.74 Å². The quantitative estimate of drug-likeness (QED) is 0.231. The molecule has 3 aromatic carbocycles. The Labute approximate surface area is 246 Å². The molecule has 216 valence electrons. The maximum absolute atomic E-state index is 12.0. The third-order valence-corrected chi connectivity index (χ3v) is 7.24. The van der Waals surface area contributed by atoms with E-state index in [1.807, 2.05) is 37.5 Å². The minimum absolute atomic E-state index is 0.0671. The Bertz CT molecular complexity index is 1790. The van der Waals surface area contributed by atoms with Gasteiger partial charge < -0.3 is 14.9 Å². The van der Waals surface area contributed by atoms with Gasteiger partial charge in [-0.1, -0.05) is 32.0 Å². The van der Waals surface area contributed by atoms with Crippen LogP contribution >= 0.6 is 0 Å². The molecule has 0 amide bonds. The van der Waals surface area contributed by atoms with Crippen LogP contribution in [0, 0.1) is 6.92 Å². The lowest BCUT2D eigenvalue weighted by molar-refractivity contribution is -0.136. The minimum atomic E-state index is -0.859. The van der Waals surface area contributed by atoms with Crippen molar-refractivity contribution in [2.45, 2.75) is 65.9 Å². The lowest BCUT2D eigenvalue weighted by Gasteiger charge is -2.22. The number of rotatable bonds is 5. The second-order valence-corrected chi connectivity index (χ2v) is 12.1. The van der Waals surface area contributed by atoms with E-state index in [-0.39, 0.29) is 12.3 Å². The molecular weight excluding hydrogens is 526 g/mol. The number of nitrogens with zero attached hydrogens (tertiary/aromatic N) is 3. The van der Waals surface area contributed by atoms with Gasteiger partial charge in [0.25, 0.3) is 0 Å². The van der Waals surface area contributed by atoms with Gasteiger partial charge in [0.15, 0.2) is 0 Å². The number of hydrogen-bond donors (Lipinski definition) is 2. The molecule has 3 heterocycles. The van der Waals surface area contributed by atoms with Crippen molar-refractivity contribution in [3.05, 3.63) is 83.6 Å². The summed E-state index contributed by atoms with van der Waals surface area (Å²) in [6.07, 6.45) is 6.06. The highest BCUT2D eigenvalue weighted by Crippen LogP contribution is 2.43. The van der Waals surface area contributed by atoms with Crippen LogP contribution in [-0.2, 0) is 17.6 Å². The van der Waals surface area contributed by atoms with Gasteiger partial charge in [-0.3, -0.25) is 9.78 Å². The number of aliphatic hydroxyl groups is 1. The highest BCUT2D eigenvalue weighted by molar-refractivity contribution is 6.09. The first-order valence-corrected chi connectivity index (χ1v) is 14.3. The number of carboxylic acid groups (broad SMARTS) is 1. The van der Waals surface area contributed by atoms with Gasteiger partial charge in [0, 0.05) is 35.3 Å². The van der Waals surface area contributed by atoms with Crippen LogP contribution in [0.3, 0.4) is 0 Å².